The summed E-state index contributed by atoms with van der Waals surface area (Å²) in [5.41, 5.74) is -0.204. The predicted molar refractivity (Wildman–Crippen MR) is 64.4 cm³/mol. The van der Waals surface area contributed by atoms with Gasteiger partial charge in [-0.2, -0.15) is 0 Å². The molecule has 5 nitrogen and oxygen atoms in total. The zero-order valence-electron chi connectivity index (χ0n) is 10.3. The molecular weight excluding hydrogens is 291 g/mol. The number of carboxylic acid groups (broad SMARTS) is 1. The van der Waals surface area contributed by atoms with Crippen LogP contribution < -0.4 is 9.47 Å². The van der Waals surface area contributed by atoms with Crippen LogP contribution >= 0.6 is 0 Å². The van der Waals surface area contributed by atoms with Crippen molar-refractivity contribution in [2.75, 3.05) is 0 Å². The second-order valence-corrected chi connectivity index (χ2v) is 3.79. The van der Waals surface area contributed by atoms with E-state index in [0.717, 1.165) is 12.1 Å². The van der Waals surface area contributed by atoms with E-state index in [1.165, 1.54) is 30.3 Å². The van der Waals surface area contributed by atoms with Crippen LogP contribution in [0, 0.1) is 0 Å². The normalized spacial score (nSPS) is 11.0. The Balaban J connectivity index is 2.10. The van der Waals surface area contributed by atoms with Gasteiger partial charge in [0.25, 0.3) is 0 Å². The SMILES string of the molecule is O=C(O)c1cccc(Oc2ccc(OC(F)(F)F)cc2)n1. The molecule has 0 bridgehead atoms. The van der Waals surface area contributed by atoms with Crippen LogP contribution in [0.15, 0.2) is 42.5 Å². The Hall–Kier alpha value is -2.77. The molecule has 0 fully saturated rings. The van der Waals surface area contributed by atoms with Crippen LogP contribution in [-0.2, 0) is 0 Å². The molecule has 0 unspecified atom stereocenters. The molecule has 2 rings (SSSR count). The third-order valence-corrected chi connectivity index (χ3v) is 2.22. The highest BCUT2D eigenvalue weighted by Gasteiger charge is 2.30. The van der Waals surface area contributed by atoms with Crippen LogP contribution in [0.4, 0.5) is 13.2 Å². The van der Waals surface area contributed by atoms with Crippen LogP contribution in [0.25, 0.3) is 0 Å². The summed E-state index contributed by atoms with van der Waals surface area (Å²) in [5, 5.41) is 8.78. The number of alkyl halides is 3. The quantitative estimate of drug-likeness (QED) is 0.936. The first-order valence-electron chi connectivity index (χ1n) is 5.57. The van der Waals surface area contributed by atoms with Gasteiger partial charge in [0.15, 0.2) is 5.69 Å². The maximum Gasteiger partial charge on any atom is 0.573 e. The Morgan fingerprint density at radius 2 is 1.67 bits per heavy atom. The van der Waals surface area contributed by atoms with E-state index < -0.39 is 12.3 Å². The molecule has 0 amide bonds. The van der Waals surface area contributed by atoms with E-state index in [4.69, 9.17) is 9.84 Å². The molecule has 2 aromatic rings. The molecule has 0 saturated carbocycles. The summed E-state index contributed by atoms with van der Waals surface area (Å²) in [6.07, 6.45) is -4.76. The standard InChI is InChI=1S/C13H8F3NO4/c14-13(15,16)21-9-6-4-8(5-7-9)20-11-3-1-2-10(17-11)12(18)19/h1-7H,(H,18,19). The molecular formula is C13H8F3NO4. The molecule has 1 aromatic carbocycles. The number of aromatic nitrogens is 1. The molecule has 0 aliphatic heterocycles. The number of nitrogens with zero attached hydrogens (tertiary/aromatic N) is 1. The lowest BCUT2D eigenvalue weighted by molar-refractivity contribution is -0.274. The van der Waals surface area contributed by atoms with E-state index >= 15 is 0 Å². The fourth-order valence-electron chi connectivity index (χ4n) is 1.42. The highest BCUT2D eigenvalue weighted by Crippen LogP contribution is 2.26. The van der Waals surface area contributed by atoms with E-state index in [2.05, 4.69) is 9.72 Å². The lowest BCUT2D eigenvalue weighted by Gasteiger charge is -2.09. The minimum Gasteiger partial charge on any atom is -0.477 e. The lowest BCUT2D eigenvalue weighted by atomic mass is 10.3. The molecule has 0 spiro atoms. The van der Waals surface area contributed by atoms with Crippen molar-refractivity contribution >= 4 is 5.97 Å². The fourth-order valence-corrected chi connectivity index (χ4v) is 1.42. The molecule has 0 aliphatic carbocycles. The van der Waals surface area contributed by atoms with Crippen molar-refractivity contribution < 1.29 is 32.5 Å². The van der Waals surface area contributed by atoms with E-state index in [1.807, 2.05) is 0 Å². The van der Waals surface area contributed by atoms with Gasteiger partial charge >= 0.3 is 12.3 Å². The van der Waals surface area contributed by atoms with Gasteiger partial charge in [0, 0.05) is 6.07 Å². The van der Waals surface area contributed by atoms with E-state index in [1.54, 1.807) is 0 Å². The third kappa shape index (κ3) is 4.37. The zero-order valence-corrected chi connectivity index (χ0v) is 10.3. The zero-order chi connectivity index (χ0) is 15.5. The highest BCUT2D eigenvalue weighted by atomic mass is 19.4. The van der Waals surface area contributed by atoms with Gasteiger partial charge in [0.1, 0.15) is 11.5 Å². The number of hydrogen-bond acceptors (Lipinski definition) is 4. The average Bonchev–Trinajstić information content (AvgIpc) is 2.40. The van der Waals surface area contributed by atoms with Crippen LogP contribution in [0.3, 0.4) is 0 Å². The van der Waals surface area contributed by atoms with Gasteiger partial charge in [-0.1, -0.05) is 6.07 Å². The monoisotopic (exact) mass is 299 g/mol. The third-order valence-electron chi connectivity index (χ3n) is 2.22. The van der Waals surface area contributed by atoms with Crippen LogP contribution in [0.5, 0.6) is 17.4 Å². The first-order valence-corrected chi connectivity index (χ1v) is 5.57. The minimum atomic E-state index is -4.76. The van der Waals surface area contributed by atoms with Crippen LogP contribution in [-0.4, -0.2) is 22.4 Å². The molecule has 0 radical (unpaired) electrons. The van der Waals surface area contributed by atoms with Crippen LogP contribution in [0.1, 0.15) is 10.5 Å². The summed E-state index contributed by atoms with van der Waals surface area (Å²) in [5.74, 6) is -1.39. The number of pyridine rings is 1. The number of aromatic carboxylic acids is 1. The fraction of sp³-hybridized carbons (Fsp3) is 0.0769. The number of halogens is 3. The molecule has 21 heavy (non-hydrogen) atoms. The molecule has 1 N–H and O–H groups in total. The van der Waals surface area contributed by atoms with Crippen molar-refractivity contribution in [2.45, 2.75) is 6.36 Å². The number of rotatable bonds is 4. The lowest BCUT2D eigenvalue weighted by Crippen LogP contribution is -2.16. The Morgan fingerprint density at radius 3 is 2.24 bits per heavy atom. The van der Waals surface area contributed by atoms with E-state index in [0.29, 0.717) is 0 Å². The topological polar surface area (TPSA) is 68.7 Å². The van der Waals surface area contributed by atoms with Crippen LogP contribution in [0.2, 0.25) is 0 Å². The number of ether oxygens (including phenoxy) is 2. The van der Waals surface area contributed by atoms with Crippen molar-refractivity contribution in [3.05, 3.63) is 48.2 Å². The maximum absolute atomic E-state index is 12.0. The molecule has 0 saturated heterocycles. The molecule has 0 aliphatic rings. The van der Waals surface area contributed by atoms with Gasteiger partial charge in [-0.05, 0) is 30.3 Å². The predicted octanol–water partition coefficient (Wildman–Crippen LogP) is 3.47. The summed E-state index contributed by atoms with van der Waals surface area (Å²) < 4.78 is 44.9. The second kappa shape index (κ2) is 5.70. The van der Waals surface area contributed by atoms with Gasteiger partial charge in [0.05, 0.1) is 0 Å². The molecule has 1 heterocycles. The summed E-state index contributed by atoms with van der Waals surface area (Å²) in [6, 6.07) is 8.79. The molecule has 110 valence electrons. The summed E-state index contributed by atoms with van der Waals surface area (Å²) >= 11 is 0. The maximum atomic E-state index is 12.0. The highest BCUT2D eigenvalue weighted by molar-refractivity contribution is 5.85. The Kier molecular flexibility index (Phi) is 3.97. The van der Waals surface area contributed by atoms with Crippen molar-refractivity contribution in [3.8, 4) is 17.4 Å². The van der Waals surface area contributed by atoms with Gasteiger partial charge < -0.3 is 14.6 Å². The van der Waals surface area contributed by atoms with Crippen molar-refractivity contribution in [1.29, 1.82) is 0 Å². The molecule has 0 atom stereocenters. The minimum absolute atomic E-state index is 0.0133. The summed E-state index contributed by atoms with van der Waals surface area (Å²) in [6.45, 7) is 0. The van der Waals surface area contributed by atoms with E-state index in [9.17, 15) is 18.0 Å². The largest absolute Gasteiger partial charge is 0.573 e. The number of carboxylic acids is 1. The number of hydrogen-bond donors (Lipinski definition) is 1. The first kappa shape index (κ1) is 14.6. The van der Waals surface area contributed by atoms with Gasteiger partial charge in [-0.3, -0.25) is 0 Å². The second-order valence-electron chi connectivity index (χ2n) is 3.79. The van der Waals surface area contributed by atoms with Gasteiger partial charge in [0.2, 0.25) is 5.88 Å². The molecule has 8 heteroatoms. The average molecular weight is 299 g/mol. The van der Waals surface area contributed by atoms with E-state index in [-0.39, 0.29) is 23.1 Å². The molecule has 1 aromatic heterocycles. The Labute approximate surface area is 116 Å². The number of carbonyl (C=O) groups is 1. The van der Waals surface area contributed by atoms with Gasteiger partial charge in [-0.25, -0.2) is 9.78 Å². The first-order chi connectivity index (χ1) is 9.83. The Bertz CT molecular complexity index is 641. The van der Waals surface area contributed by atoms with Gasteiger partial charge in [-0.15, -0.1) is 13.2 Å². The number of benzene rings is 1. The Morgan fingerprint density at radius 1 is 1.05 bits per heavy atom. The summed E-state index contributed by atoms with van der Waals surface area (Å²) in [4.78, 5) is 14.5. The van der Waals surface area contributed by atoms with Crippen molar-refractivity contribution in [2.24, 2.45) is 0 Å². The smallest absolute Gasteiger partial charge is 0.477 e. The summed E-state index contributed by atoms with van der Waals surface area (Å²) in [7, 11) is 0. The van der Waals surface area contributed by atoms with Crippen molar-refractivity contribution in [3.63, 3.8) is 0 Å². The van der Waals surface area contributed by atoms with Crippen molar-refractivity contribution in [1.82, 2.24) is 4.98 Å².